The van der Waals surface area contributed by atoms with Crippen LogP contribution >= 0.6 is 14.7 Å². The first-order valence-electron chi connectivity index (χ1n) is 29.3. The van der Waals surface area contributed by atoms with Gasteiger partial charge in [-0.2, -0.15) is 0 Å². The van der Waals surface area contributed by atoms with Crippen molar-refractivity contribution in [1.82, 2.24) is 9.80 Å². The number of ether oxygens (including phenoxy) is 2. The van der Waals surface area contributed by atoms with Crippen molar-refractivity contribution in [3.63, 3.8) is 0 Å². The lowest BCUT2D eigenvalue weighted by Gasteiger charge is -2.30. The molecule has 0 aromatic heterocycles. The van der Waals surface area contributed by atoms with Crippen molar-refractivity contribution >= 4 is 50.4 Å². The third kappa shape index (κ3) is 20.6. The molecule has 6 rings (SSSR count). The van der Waals surface area contributed by atoms with Crippen molar-refractivity contribution in [2.75, 3.05) is 37.7 Å². The molecule has 2 aliphatic carbocycles. The maximum atomic E-state index is 14.2. The number of amides is 2. The number of rotatable bonds is 28. The highest BCUT2D eigenvalue weighted by Gasteiger charge is 2.47. The van der Waals surface area contributed by atoms with E-state index in [9.17, 15) is 48.1 Å². The quantitative estimate of drug-likeness (QED) is 0.0350. The number of hydrogen-bond acceptors (Lipinski definition) is 12. The van der Waals surface area contributed by atoms with E-state index in [1.54, 1.807) is 13.8 Å². The molecule has 2 saturated heterocycles. The minimum Gasteiger partial charge on any atom is -0.480 e. The van der Waals surface area contributed by atoms with Gasteiger partial charge in [-0.15, -0.1) is 0 Å². The molecule has 2 aromatic rings. The number of carbonyl (C=O) groups excluding carboxylic acids is 4. The standard InChI is InChI=1S/2C30H46NO7P/c2*1-4-28(33)37-30(22(2)3)38-39(36,18-12-11-15-23-13-7-5-8-14-23)21-27(32)31-20-25(19-26(31)29(34)35)24-16-9-6-10-17-24/h2*5,7-8,13-14,22,24-26,30H,4,6,9-12,15-21H2,1-3H3,(H,34,35)/t25-,26+,30+,39+;25-,26+,30-,39-/m11/s1. The Morgan fingerprint density at radius 1 is 0.526 bits per heavy atom. The highest BCUT2D eigenvalue weighted by Crippen LogP contribution is 2.52. The van der Waals surface area contributed by atoms with Gasteiger partial charge in [-0.1, -0.05) is 166 Å². The molecular weight excluding hydrogens is 1030 g/mol. The normalized spacial score (nSPS) is 22.4. The SMILES string of the molecule is CCC(=O)O[C@@H](O[P@@](=O)(CCCCc1ccccc1)CC(=O)N1C[C@H](C2CCCCC2)C[C@H]1C(=O)O)C(C)C.CCC(=O)O[C@H](O[P@](=O)(CCCCc1ccccc1)CC(=O)N1C[C@H](C2CCCCC2)C[C@H]1C(=O)O)C(C)C. The Kier molecular flexibility index (Phi) is 26.6. The molecule has 2 heterocycles. The van der Waals surface area contributed by atoms with Gasteiger partial charge in [0, 0.05) is 50.1 Å². The highest BCUT2D eigenvalue weighted by atomic mass is 31.2. The fraction of sp³-hybridized carbons (Fsp3) is 0.700. The van der Waals surface area contributed by atoms with Gasteiger partial charge in [0.15, 0.2) is 0 Å². The third-order valence-electron chi connectivity index (χ3n) is 16.1. The molecular formula is C60H92N2O14P2. The van der Waals surface area contributed by atoms with Crippen molar-refractivity contribution in [2.45, 2.75) is 195 Å². The molecule has 2 N–H and O–H groups in total. The van der Waals surface area contributed by atoms with Crippen LogP contribution in [0.4, 0.5) is 0 Å². The van der Waals surface area contributed by atoms with E-state index in [-0.39, 0.29) is 61.2 Å². The first-order valence-corrected chi connectivity index (χ1v) is 33.3. The molecule has 0 bridgehead atoms. The molecule has 0 unspecified atom stereocenters. The monoisotopic (exact) mass is 1130 g/mol. The number of nitrogens with zero attached hydrogens (tertiary/aromatic N) is 2. The average Bonchev–Trinajstić information content (AvgIpc) is 4.12. The molecule has 2 amide bonds. The summed E-state index contributed by atoms with van der Waals surface area (Å²) in [5.41, 5.74) is 2.35. The van der Waals surface area contributed by atoms with Gasteiger partial charge >= 0.3 is 23.9 Å². The maximum Gasteiger partial charge on any atom is 0.326 e. The van der Waals surface area contributed by atoms with Gasteiger partial charge < -0.3 is 29.5 Å². The van der Waals surface area contributed by atoms with E-state index in [2.05, 4.69) is 0 Å². The number of carboxylic acid groups (broad SMARTS) is 2. The van der Waals surface area contributed by atoms with Crippen LogP contribution in [0.25, 0.3) is 0 Å². The van der Waals surface area contributed by atoms with Crippen LogP contribution in [0.5, 0.6) is 0 Å². The number of unbranched alkanes of at least 4 members (excludes halogenated alkanes) is 2. The number of hydrogen-bond donors (Lipinski definition) is 2. The molecule has 18 heteroatoms. The fourth-order valence-corrected chi connectivity index (χ4v) is 16.2. The zero-order valence-electron chi connectivity index (χ0n) is 47.5. The van der Waals surface area contributed by atoms with Crippen LogP contribution in [-0.4, -0.2) is 118 Å². The maximum absolute atomic E-state index is 14.2. The lowest BCUT2D eigenvalue weighted by atomic mass is 9.79. The van der Waals surface area contributed by atoms with Crippen LogP contribution in [-0.2, 0) is 69.3 Å². The van der Waals surface area contributed by atoms with E-state index >= 15 is 0 Å². The molecule has 4 fully saturated rings. The minimum absolute atomic E-state index is 0.149. The summed E-state index contributed by atoms with van der Waals surface area (Å²) in [6, 6.07) is 18.2. The number of esters is 2. The zero-order valence-corrected chi connectivity index (χ0v) is 49.3. The van der Waals surface area contributed by atoms with Crippen molar-refractivity contribution in [3.8, 4) is 0 Å². The van der Waals surface area contributed by atoms with Gasteiger partial charge in [-0.3, -0.25) is 37.4 Å². The van der Waals surface area contributed by atoms with E-state index < -0.39 is 75.1 Å². The van der Waals surface area contributed by atoms with Gasteiger partial charge in [0.1, 0.15) is 24.4 Å². The van der Waals surface area contributed by atoms with Crippen molar-refractivity contribution in [3.05, 3.63) is 71.8 Å². The molecule has 16 nitrogen and oxygen atoms in total. The van der Waals surface area contributed by atoms with Gasteiger partial charge in [0.2, 0.25) is 39.1 Å². The Balaban J connectivity index is 0.000000287. The second-order valence-corrected chi connectivity index (χ2v) is 28.2. The van der Waals surface area contributed by atoms with E-state index in [4.69, 9.17) is 18.5 Å². The van der Waals surface area contributed by atoms with E-state index in [1.807, 2.05) is 88.4 Å². The molecule has 436 valence electrons. The highest BCUT2D eigenvalue weighted by molar-refractivity contribution is 7.60. The van der Waals surface area contributed by atoms with Crippen LogP contribution in [0, 0.1) is 35.5 Å². The smallest absolute Gasteiger partial charge is 0.326 e. The Morgan fingerprint density at radius 2 is 0.872 bits per heavy atom. The van der Waals surface area contributed by atoms with Gasteiger partial charge in [0.25, 0.3) is 0 Å². The predicted octanol–water partition coefficient (Wildman–Crippen LogP) is 12.2. The largest absolute Gasteiger partial charge is 0.480 e. The second-order valence-electron chi connectivity index (χ2n) is 23.0. The van der Waals surface area contributed by atoms with Crippen LogP contribution in [0.15, 0.2) is 60.7 Å². The van der Waals surface area contributed by atoms with Crippen LogP contribution in [0.3, 0.4) is 0 Å². The van der Waals surface area contributed by atoms with Gasteiger partial charge in [0.05, 0.1) is 0 Å². The lowest BCUT2D eigenvalue weighted by Crippen LogP contribution is -2.42. The summed E-state index contributed by atoms with van der Waals surface area (Å²) in [4.78, 5) is 78.3. The van der Waals surface area contributed by atoms with E-state index in [0.29, 0.717) is 50.6 Å². The van der Waals surface area contributed by atoms with E-state index in [1.165, 1.54) is 33.8 Å². The summed E-state index contributed by atoms with van der Waals surface area (Å²) >= 11 is 0. The van der Waals surface area contributed by atoms with Crippen LogP contribution in [0.1, 0.15) is 168 Å². The average molecular weight is 1130 g/mol. The molecule has 0 spiro atoms. The van der Waals surface area contributed by atoms with Crippen LogP contribution < -0.4 is 0 Å². The predicted molar refractivity (Wildman–Crippen MR) is 301 cm³/mol. The number of carbonyl (C=O) groups is 6. The number of likely N-dealkylation sites (tertiary alicyclic amines) is 2. The molecule has 4 aliphatic rings. The Hall–Kier alpha value is -4.36. The number of aliphatic carboxylic acids is 2. The molecule has 78 heavy (non-hydrogen) atoms. The lowest BCUT2D eigenvalue weighted by molar-refractivity contribution is -0.170. The van der Waals surface area contributed by atoms with Gasteiger partial charge in [-0.05, 0) is 86.2 Å². The Morgan fingerprint density at radius 3 is 1.18 bits per heavy atom. The molecule has 2 aliphatic heterocycles. The minimum atomic E-state index is -3.60. The van der Waals surface area contributed by atoms with Crippen molar-refractivity contribution in [2.24, 2.45) is 35.5 Å². The second kappa shape index (κ2) is 32.2. The Bertz CT molecular complexity index is 2140. The Labute approximate surface area is 464 Å². The summed E-state index contributed by atoms with van der Waals surface area (Å²) in [5.74, 6) is -3.22. The number of benzene rings is 2. The first-order chi connectivity index (χ1) is 37.2. The topological polar surface area (TPSA) is 220 Å². The molecule has 2 saturated carbocycles. The van der Waals surface area contributed by atoms with Crippen molar-refractivity contribution < 1.29 is 66.6 Å². The first kappa shape index (κ1) is 64.5. The summed E-state index contributed by atoms with van der Waals surface area (Å²) in [5, 5.41) is 19.8. The summed E-state index contributed by atoms with van der Waals surface area (Å²) in [6.45, 7) is 11.4. The van der Waals surface area contributed by atoms with E-state index in [0.717, 1.165) is 77.0 Å². The summed E-state index contributed by atoms with van der Waals surface area (Å²) < 4.78 is 51.4. The fourth-order valence-electron chi connectivity index (χ4n) is 11.6. The number of aryl methyl sites for hydroxylation is 2. The zero-order chi connectivity index (χ0) is 56.8. The third-order valence-corrected chi connectivity index (χ3v) is 20.8. The summed E-state index contributed by atoms with van der Waals surface area (Å²) in [6.07, 6.45) is 14.2. The van der Waals surface area contributed by atoms with Crippen LogP contribution in [0.2, 0.25) is 0 Å². The molecule has 2 aromatic carbocycles. The molecule has 8 atom stereocenters. The molecule has 0 radical (unpaired) electrons. The van der Waals surface area contributed by atoms with Crippen molar-refractivity contribution in [1.29, 1.82) is 0 Å². The van der Waals surface area contributed by atoms with Gasteiger partial charge in [-0.25, -0.2) is 9.59 Å². The summed E-state index contributed by atoms with van der Waals surface area (Å²) in [7, 11) is -7.19. The number of carboxylic acids is 2.